The van der Waals surface area contributed by atoms with E-state index in [4.69, 9.17) is 14.6 Å². The van der Waals surface area contributed by atoms with Gasteiger partial charge in [-0.05, 0) is 52.2 Å². The number of hydrogen-bond acceptors (Lipinski definition) is 3. The van der Waals surface area contributed by atoms with Crippen LogP contribution < -0.4 is 9.47 Å². The summed E-state index contributed by atoms with van der Waals surface area (Å²) in [5.74, 6) is 0.736. The van der Waals surface area contributed by atoms with Crippen molar-refractivity contribution >= 4 is 21.9 Å². The lowest BCUT2D eigenvalue weighted by Gasteiger charge is -2.10. The van der Waals surface area contributed by atoms with Gasteiger partial charge in [0, 0.05) is 6.42 Å². The predicted octanol–water partition coefficient (Wildman–Crippen LogP) is 3.92. The minimum absolute atomic E-state index is 0.123. The molecule has 0 saturated carbocycles. The van der Waals surface area contributed by atoms with Gasteiger partial charge in [-0.25, -0.2) is 0 Å². The molecule has 4 nitrogen and oxygen atoms in total. The van der Waals surface area contributed by atoms with Crippen LogP contribution in [0.5, 0.6) is 11.5 Å². The number of aliphatic carboxylic acids is 1. The van der Waals surface area contributed by atoms with Gasteiger partial charge in [-0.2, -0.15) is 0 Å². The standard InChI is InChI=1S/C17H17BrO4/c18-15-12-13(7-9-17(19)20)6-8-16(15)22-11-10-21-14-4-2-1-3-5-14/h1-6,8,12H,7,9-11H2,(H,19,20). The van der Waals surface area contributed by atoms with Gasteiger partial charge < -0.3 is 14.6 Å². The first-order valence-corrected chi connectivity index (χ1v) is 7.75. The summed E-state index contributed by atoms with van der Waals surface area (Å²) in [6.45, 7) is 0.888. The highest BCUT2D eigenvalue weighted by atomic mass is 79.9. The molecule has 0 saturated heterocycles. The average Bonchev–Trinajstić information content (AvgIpc) is 2.52. The first-order chi connectivity index (χ1) is 10.6. The van der Waals surface area contributed by atoms with Crippen molar-refractivity contribution in [3.63, 3.8) is 0 Å². The van der Waals surface area contributed by atoms with Crippen LogP contribution in [-0.2, 0) is 11.2 Å². The van der Waals surface area contributed by atoms with Gasteiger partial charge in [0.05, 0.1) is 4.47 Å². The Balaban J connectivity index is 1.79. The fourth-order valence-corrected chi connectivity index (χ4v) is 2.44. The van der Waals surface area contributed by atoms with E-state index < -0.39 is 5.97 Å². The number of carbonyl (C=O) groups is 1. The number of halogens is 1. The van der Waals surface area contributed by atoms with Crippen molar-refractivity contribution in [3.05, 3.63) is 58.6 Å². The van der Waals surface area contributed by atoms with Crippen molar-refractivity contribution in [1.82, 2.24) is 0 Å². The van der Waals surface area contributed by atoms with Crippen LogP contribution in [0.1, 0.15) is 12.0 Å². The molecule has 0 aliphatic rings. The van der Waals surface area contributed by atoms with E-state index in [0.29, 0.717) is 19.6 Å². The molecule has 0 spiro atoms. The zero-order valence-electron chi connectivity index (χ0n) is 12.0. The van der Waals surface area contributed by atoms with Crippen molar-refractivity contribution in [3.8, 4) is 11.5 Å². The SMILES string of the molecule is O=C(O)CCc1ccc(OCCOc2ccccc2)c(Br)c1. The molecule has 0 aliphatic heterocycles. The van der Waals surface area contributed by atoms with Crippen molar-refractivity contribution in [2.45, 2.75) is 12.8 Å². The maximum absolute atomic E-state index is 10.6. The first-order valence-electron chi connectivity index (χ1n) is 6.96. The lowest BCUT2D eigenvalue weighted by atomic mass is 10.1. The number of aryl methyl sites for hydroxylation is 1. The predicted molar refractivity (Wildman–Crippen MR) is 87.5 cm³/mol. The molecule has 2 rings (SSSR count). The van der Waals surface area contributed by atoms with Gasteiger partial charge in [-0.15, -0.1) is 0 Å². The summed E-state index contributed by atoms with van der Waals surface area (Å²) in [6, 6.07) is 15.2. The van der Waals surface area contributed by atoms with Gasteiger partial charge >= 0.3 is 5.97 Å². The highest BCUT2D eigenvalue weighted by molar-refractivity contribution is 9.10. The van der Waals surface area contributed by atoms with Crippen molar-refractivity contribution < 1.29 is 19.4 Å². The molecule has 0 heterocycles. The van der Waals surface area contributed by atoms with E-state index in [0.717, 1.165) is 21.5 Å². The van der Waals surface area contributed by atoms with Gasteiger partial charge in [-0.1, -0.05) is 24.3 Å². The number of hydrogen-bond donors (Lipinski definition) is 1. The molecule has 1 N–H and O–H groups in total. The van der Waals surface area contributed by atoms with Gasteiger partial charge in [-0.3, -0.25) is 4.79 Å². The maximum Gasteiger partial charge on any atom is 0.303 e. The minimum atomic E-state index is -0.797. The Bertz CT molecular complexity index is 613. The zero-order chi connectivity index (χ0) is 15.8. The van der Waals surface area contributed by atoms with Crippen LogP contribution in [0, 0.1) is 0 Å². The summed E-state index contributed by atoms with van der Waals surface area (Å²) in [5, 5.41) is 8.69. The summed E-state index contributed by atoms with van der Waals surface area (Å²) < 4.78 is 12.0. The van der Waals surface area contributed by atoms with Gasteiger partial charge in [0.2, 0.25) is 0 Å². The Morgan fingerprint density at radius 1 is 1.05 bits per heavy atom. The molecule has 0 amide bonds. The van der Waals surface area contributed by atoms with Gasteiger partial charge in [0.1, 0.15) is 24.7 Å². The molecule has 2 aromatic rings. The summed E-state index contributed by atoms with van der Waals surface area (Å²) in [7, 11) is 0. The summed E-state index contributed by atoms with van der Waals surface area (Å²) in [5.41, 5.74) is 0.960. The minimum Gasteiger partial charge on any atom is -0.490 e. The van der Waals surface area contributed by atoms with Crippen molar-refractivity contribution in [1.29, 1.82) is 0 Å². The van der Waals surface area contributed by atoms with Gasteiger partial charge in [0.15, 0.2) is 0 Å². The molecule has 0 aromatic heterocycles. The second kappa shape index (κ2) is 8.44. The molecule has 0 aliphatic carbocycles. The molecule has 0 atom stereocenters. The Morgan fingerprint density at radius 3 is 2.45 bits per heavy atom. The third-order valence-electron chi connectivity index (χ3n) is 2.98. The highest BCUT2D eigenvalue weighted by Crippen LogP contribution is 2.26. The van der Waals surface area contributed by atoms with E-state index in [1.807, 2.05) is 48.5 Å². The second-order valence-electron chi connectivity index (χ2n) is 4.67. The summed E-state index contributed by atoms with van der Waals surface area (Å²) >= 11 is 3.44. The number of carboxylic acids is 1. The molecule has 5 heteroatoms. The smallest absolute Gasteiger partial charge is 0.303 e. The molecule has 0 bridgehead atoms. The molecule has 0 radical (unpaired) electrons. The van der Waals surface area contributed by atoms with E-state index in [1.165, 1.54) is 0 Å². The van der Waals surface area contributed by atoms with Gasteiger partial charge in [0.25, 0.3) is 0 Å². The topological polar surface area (TPSA) is 55.8 Å². The van der Waals surface area contributed by atoms with Crippen LogP contribution in [0.3, 0.4) is 0 Å². The Morgan fingerprint density at radius 2 is 1.77 bits per heavy atom. The fraction of sp³-hybridized carbons (Fsp3) is 0.235. The van der Waals surface area contributed by atoms with E-state index in [9.17, 15) is 4.79 Å². The van der Waals surface area contributed by atoms with Crippen LogP contribution >= 0.6 is 15.9 Å². The summed E-state index contributed by atoms with van der Waals surface area (Å²) in [4.78, 5) is 10.6. The largest absolute Gasteiger partial charge is 0.490 e. The molecule has 116 valence electrons. The number of rotatable bonds is 8. The third-order valence-corrected chi connectivity index (χ3v) is 3.60. The quantitative estimate of drug-likeness (QED) is 0.721. The molecule has 0 fully saturated rings. The molecule has 2 aromatic carbocycles. The van der Waals surface area contributed by atoms with Crippen LogP contribution in [-0.4, -0.2) is 24.3 Å². The number of para-hydroxylation sites is 1. The average molecular weight is 365 g/mol. The highest BCUT2D eigenvalue weighted by Gasteiger charge is 2.05. The number of benzene rings is 2. The maximum atomic E-state index is 10.6. The number of carboxylic acid groups (broad SMARTS) is 1. The molecule has 22 heavy (non-hydrogen) atoms. The Kier molecular flexibility index (Phi) is 6.27. The van der Waals surface area contributed by atoms with Crippen LogP contribution in [0.15, 0.2) is 53.0 Å². The molecular weight excluding hydrogens is 348 g/mol. The van der Waals surface area contributed by atoms with Crippen LogP contribution in [0.25, 0.3) is 0 Å². The number of ether oxygens (including phenoxy) is 2. The third kappa shape index (κ3) is 5.41. The lowest BCUT2D eigenvalue weighted by molar-refractivity contribution is -0.136. The van der Waals surface area contributed by atoms with E-state index in [1.54, 1.807) is 0 Å². The van der Waals surface area contributed by atoms with Crippen LogP contribution in [0.4, 0.5) is 0 Å². The zero-order valence-corrected chi connectivity index (χ0v) is 13.6. The van der Waals surface area contributed by atoms with E-state index >= 15 is 0 Å². The molecule has 0 unspecified atom stereocenters. The van der Waals surface area contributed by atoms with E-state index in [-0.39, 0.29) is 6.42 Å². The second-order valence-corrected chi connectivity index (χ2v) is 5.52. The van der Waals surface area contributed by atoms with E-state index in [2.05, 4.69) is 15.9 Å². The monoisotopic (exact) mass is 364 g/mol. The molecular formula is C17H17BrO4. The Labute approximate surface area is 137 Å². The summed E-state index contributed by atoms with van der Waals surface area (Å²) in [6.07, 6.45) is 0.628. The van der Waals surface area contributed by atoms with Crippen molar-refractivity contribution in [2.75, 3.05) is 13.2 Å². The first kappa shape index (κ1) is 16.4. The lowest BCUT2D eigenvalue weighted by Crippen LogP contribution is -2.09. The fourth-order valence-electron chi connectivity index (χ4n) is 1.90. The van der Waals surface area contributed by atoms with Crippen molar-refractivity contribution in [2.24, 2.45) is 0 Å². The van der Waals surface area contributed by atoms with Crippen LogP contribution in [0.2, 0.25) is 0 Å². The Hall–Kier alpha value is -2.01. The normalized spacial score (nSPS) is 10.2.